The number of hydrogen-bond donors (Lipinski definition) is 0. The Morgan fingerprint density at radius 2 is 1.95 bits per heavy atom. The molecule has 22 heavy (non-hydrogen) atoms. The molecule has 2 rings (SSSR count). The van der Waals surface area contributed by atoms with Gasteiger partial charge in [-0.05, 0) is 31.6 Å². The van der Waals surface area contributed by atoms with Gasteiger partial charge in [-0.1, -0.05) is 0 Å². The molecule has 0 aromatic heterocycles. The average Bonchev–Trinajstić information content (AvgIpc) is 2.36. The first-order valence-corrected chi connectivity index (χ1v) is 7.42. The molecule has 0 fully saturated rings. The Labute approximate surface area is 124 Å². The molecule has 1 aliphatic rings. The molecule has 0 saturated carbocycles. The van der Waals surface area contributed by atoms with Gasteiger partial charge in [-0.2, -0.15) is 21.6 Å². The van der Waals surface area contributed by atoms with Crippen molar-refractivity contribution in [3.63, 3.8) is 0 Å². The largest absolute Gasteiger partial charge is 0.534 e. The van der Waals surface area contributed by atoms with Crippen molar-refractivity contribution in [3.05, 3.63) is 29.3 Å². The van der Waals surface area contributed by atoms with Gasteiger partial charge in [0.15, 0.2) is 5.78 Å². The number of Topliss-reactive ketones (excluding diaryl/α,β-unsaturated/α-hetero) is 1. The van der Waals surface area contributed by atoms with E-state index in [0.717, 1.165) is 12.1 Å². The maximum Gasteiger partial charge on any atom is 0.534 e. The van der Waals surface area contributed by atoms with Crippen LogP contribution in [0.2, 0.25) is 0 Å². The molecule has 9 heteroatoms. The molecule has 0 N–H and O–H groups in total. The summed E-state index contributed by atoms with van der Waals surface area (Å²) in [7, 11) is -5.74. The zero-order chi connectivity index (χ0) is 16.7. The molecule has 0 atom stereocenters. The van der Waals surface area contributed by atoms with Gasteiger partial charge in [-0.15, -0.1) is 0 Å². The average molecular weight is 336 g/mol. The number of ether oxygens (including phenoxy) is 1. The minimum absolute atomic E-state index is 0.0381. The van der Waals surface area contributed by atoms with Crippen LogP contribution in [0.4, 0.5) is 13.2 Å². The van der Waals surface area contributed by atoms with E-state index in [1.807, 2.05) is 0 Å². The predicted octanol–water partition coefficient (Wildman–Crippen LogP) is 2.67. The lowest BCUT2D eigenvalue weighted by molar-refractivity contribution is -0.113. The fourth-order valence-corrected chi connectivity index (χ4v) is 2.40. The lowest BCUT2D eigenvalue weighted by atomic mass is 9.96. The number of alkyl halides is 3. The first-order chi connectivity index (χ1) is 10.0. The Morgan fingerprint density at radius 1 is 1.32 bits per heavy atom. The molecule has 0 spiro atoms. The summed E-state index contributed by atoms with van der Waals surface area (Å²) in [6.07, 6.45) is 0. The zero-order valence-electron chi connectivity index (χ0n) is 11.5. The molecule has 120 valence electrons. The molecular weight excluding hydrogens is 325 g/mol. The van der Waals surface area contributed by atoms with Crippen LogP contribution in [0.25, 0.3) is 5.57 Å². The smallest absolute Gasteiger partial charge is 0.488 e. The molecule has 1 aromatic carbocycles. The number of fused-ring (bicyclic) bond motifs is 1. The van der Waals surface area contributed by atoms with E-state index in [1.54, 1.807) is 6.92 Å². The molecule has 0 amide bonds. The monoisotopic (exact) mass is 336 g/mol. The number of hydrogen-bond acceptors (Lipinski definition) is 5. The molecule has 1 aromatic rings. The number of rotatable bonds is 3. The number of carbonyl (C=O) groups is 1. The summed E-state index contributed by atoms with van der Waals surface area (Å²) < 4.78 is 68.0. The fourth-order valence-electron chi connectivity index (χ4n) is 1.94. The van der Waals surface area contributed by atoms with Gasteiger partial charge >= 0.3 is 15.6 Å². The third-order valence-corrected chi connectivity index (χ3v) is 4.07. The number of benzene rings is 1. The SMILES string of the molecule is CC(=O)C1=C(C)c2ccc(OS(=O)(=O)C(F)(F)F)cc2OC1. The molecule has 5 nitrogen and oxygen atoms in total. The van der Waals surface area contributed by atoms with Gasteiger partial charge < -0.3 is 8.92 Å². The summed E-state index contributed by atoms with van der Waals surface area (Å²) in [6, 6.07) is 3.45. The normalized spacial score (nSPS) is 15.1. The predicted molar refractivity (Wildman–Crippen MR) is 70.8 cm³/mol. The van der Waals surface area contributed by atoms with Crippen LogP contribution in [0.5, 0.6) is 11.5 Å². The maximum absolute atomic E-state index is 12.3. The molecule has 1 heterocycles. The number of ketones is 1. The van der Waals surface area contributed by atoms with E-state index in [4.69, 9.17) is 4.74 Å². The van der Waals surface area contributed by atoms with Crippen LogP contribution in [-0.2, 0) is 14.9 Å². The van der Waals surface area contributed by atoms with E-state index in [-0.39, 0.29) is 18.1 Å². The van der Waals surface area contributed by atoms with Crippen molar-refractivity contribution in [2.45, 2.75) is 19.4 Å². The van der Waals surface area contributed by atoms with Crippen molar-refractivity contribution < 1.29 is 35.3 Å². The summed E-state index contributed by atoms with van der Waals surface area (Å²) in [5.74, 6) is -0.546. The molecule has 0 aliphatic carbocycles. The van der Waals surface area contributed by atoms with Gasteiger partial charge in [0, 0.05) is 17.2 Å². The standard InChI is InChI=1S/C13H11F3O5S/c1-7-10-4-3-9(21-22(18,19)13(14,15)16)5-12(10)20-6-11(7)8(2)17/h3-5H,6H2,1-2H3. The van der Waals surface area contributed by atoms with Crippen LogP contribution in [-0.4, -0.2) is 26.3 Å². The van der Waals surface area contributed by atoms with Gasteiger partial charge in [0.05, 0.1) is 0 Å². The van der Waals surface area contributed by atoms with E-state index in [9.17, 15) is 26.4 Å². The Bertz CT molecular complexity index is 762. The highest BCUT2D eigenvalue weighted by atomic mass is 32.2. The lowest BCUT2D eigenvalue weighted by Crippen LogP contribution is -2.28. The number of halogens is 3. The molecule has 0 radical (unpaired) electrons. The van der Waals surface area contributed by atoms with Crippen molar-refractivity contribution in [3.8, 4) is 11.5 Å². The summed E-state index contributed by atoms with van der Waals surface area (Å²) in [6.45, 7) is 3.01. The van der Waals surface area contributed by atoms with E-state index in [1.165, 1.54) is 13.0 Å². The summed E-state index contributed by atoms with van der Waals surface area (Å²) >= 11 is 0. The molecule has 0 bridgehead atoms. The summed E-state index contributed by atoms with van der Waals surface area (Å²) in [5, 5.41) is 0. The van der Waals surface area contributed by atoms with E-state index in [0.29, 0.717) is 16.7 Å². The summed E-state index contributed by atoms with van der Waals surface area (Å²) in [4.78, 5) is 11.4. The summed E-state index contributed by atoms with van der Waals surface area (Å²) in [5.41, 5.74) is -3.95. The van der Waals surface area contributed by atoms with Crippen molar-refractivity contribution in [2.24, 2.45) is 0 Å². The van der Waals surface area contributed by atoms with E-state index in [2.05, 4.69) is 4.18 Å². The minimum atomic E-state index is -5.74. The number of carbonyl (C=O) groups excluding carboxylic acids is 1. The first-order valence-electron chi connectivity index (χ1n) is 6.01. The molecule has 1 aliphatic heterocycles. The van der Waals surface area contributed by atoms with E-state index < -0.39 is 21.4 Å². The highest BCUT2D eigenvalue weighted by Crippen LogP contribution is 2.37. The van der Waals surface area contributed by atoms with Gasteiger partial charge in [0.1, 0.15) is 18.1 Å². The van der Waals surface area contributed by atoms with Gasteiger partial charge in [-0.3, -0.25) is 4.79 Å². The van der Waals surface area contributed by atoms with Crippen LogP contribution in [0.3, 0.4) is 0 Å². The van der Waals surface area contributed by atoms with Crippen molar-refractivity contribution >= 4 is 21.5 Å². The second-order valence-corrected chi connectivity index (χ2v) is 6.13. The zero-order valence-corrected chi connectivity index (χ0v) is 12.3. The Balaban J connectivity index is 2.38. The van der Waals surface area contributed by atoms with Crippen LogP contribution in [0.1, 0.15) is 19.4 Å². The fraction of sp³-hybridized carbons (Fsp3) is 0.308. The highest BCUT2D eigenvalue weighted by molar-refractivity contribution is 7.88. The Kier molecular flexibility index (Phi) is 3.94. The quantitative estimate of drug-likeness (QED) is 0.627. The minimum Gasteiger partial charge on any atom is -0.488 e. The highest BCUT2D eigenvalue weighted by Gasteiger charge is 2.48. The molecular formula is C13H11F3O5S. The van der Waals surface area contributed by atoms with E-state index >= 15 is 0 Å². The van der Waals surface area contributed by atoms with Crippen LogP contribution in [0.15, 0.2) is 23.8 Å². The van der Waals surface area contributed by atoms with Crippen molar-refractivity contribution in [2.75, 3.05) is 6.61 Å². The van der Waals surface area contributed by atoms with Crippen LogP contribution < -0.4 is 8.92 Å². The first kappa shape index (κ1) is 16.3. The second kappa shape index (κ2) is 5.31. The lowest BCUT2D eigenvalue weighted by Gasteiger charge is -2.21. The topological polar surface area (TPSA) is 69.7 Å². The molecule has 0 unspecified atom stereocenters. The third-order valence-electron chi connectivity index (χ3n) is 3.10. The maximum atomic E-state index is 12.3. The molecule has 0 saturated heterocycles. The van der Waals surface area contributed by atoms with Crippen molar-refractivity contribution in [1.29, 1.82) is 0 Å². The van der Waals surface area contributed by atoms with Crippen molar-refractivity contribution in [1.82, 2.24) is 0 Å². The number of allylic oxidation sites excluding steroid dienone is 1. The van der Waals surface area contributed by atoms with Gasteiger partial charge in [0.25, 0.3) is 0 Å². The Hall–Kier alpha value is -2.03. The third kappa shape index (κ3) is 2.94. The Morgan fingerprint density at radius 3 is 2.50 bits per heavy atom. The second-order valence-electron chi connectivity index (χ2n) is 4.59. The van der Waals surface area contributed by atoms with Crippen LogP contribution >= 0.6 is 0 Å². The van der Waals surface area contributed by atoms with Gasteiger partial charge in [0.2, 0.25) is 0 Å². The van der Waals surface area contributed by atoms with Crippen LogP contribution in [0, 0.1) is 0 Å². The van der Waals surface area contributed by atoms with Gasteiger partial charge in [-0.25, -0.2) is 0 Å².